The van der Waals surface area contributed by atoms with E-state index in [1.165, 1.54) is 12.5 Å². The molecule has 0 spiro atoms. The lowest BCUT2D eigenvalue weighted by molar-refractivity contribution is -0.136. The molecular weight excluding hydrogens is 265 g/mol. The first-order chi connectivity index (χ1) is 9.25. The van der Waals surface area contributed by atoms with Crippen molar-refractivity contribution in [3.63, 3.8) is 0 Å². The molecule has 1 aromatic rings. The number of nitrogens with one attached hydrogen (secondary N) is 1. The van der Waals surface area contributed by atoms with Crippen molar-refractivity contribution in [3.8, 4) is 0 Å². The number of rotatable bonds is 2. The van der Waals surface area contributed by atoms with Crippen LogP contribution in [0.4, 0.5) is 24.5 Å². The van der Waals surface area contributed by atoms with Crippen LogP contribution in [-0.4, -0.2) is 6.04 Å². The van der Waals surface area contributed by atoms with Crippen LogP contribution < -0.4 is 11.1 Å². The van der Waals surface area contributed by atoms with Gasteiger partial charge in [0.25, 0.3) is 0 Å². The number of anilines is 2. The second kappa shape index (κ2) is 5.54. The Morgan fingerprint density at radius 3 is 2.25 bits per heavy atom. The van der Waals surface area contributed by atoms with Crippen molar-refractivity contribution >= 4 is 11.4 Å². The maximum absolute atomic E-state index is 12.8. The molecule has 0 bridgehead atoms. The molecule has 0 amide bonds. The van der Waals surface area contributed by atoms with E-state index in [-0.39, 0.29) is 11.7 Å². The summed E-state index contributed by atoms with van der Waals surface area (Å²) < 4.78 is 38.5. The smallest absolute Gasteiger partial charge is 0.398 e. The van der Waals surface area contributed by atoms with E-state index in [0.29, 0.717) is 17.5 Å². The number of hydrogen-bond acceptors (Lipinski definition) is 2. The van der Waals surface area contributed by atoms with Gasteiger partial charge in [0, 0.05) is 17.4 Å². The Balaban J connectivity index is 2.14. The third kappa shape index (κ3) is 3.58. The van der Waals surface area contributed by atoms with Crippen LogP contribution in [0, 0.1) is 11.8 Å². The number of halogens is 3. The number of benzene rings is 1. The zero-order valence-electron chi connectivity index (χ0n) is 11.8. The summed E-state index contributed by atoms with van der Waals surface area (Å²) in [5.41, 5.74) is 4.91. The summed E-state index contributed by atoms with van der Waals surface area (Å²) in [6.07, 6.45) is -1.23. The van der Waals surface area contributed by atoms with Gasteiger partial charge in [0.2, 0.25) is 0 Å². The minimum absolute atomic E-state index is 0.228. The first-order valence-electron chi connectivity index (χ1n) is 6.99. The maximum Gasteiger partial charge on any atom is 0.418 e. The molecule has 0 aliphatic heterocycles. The monoisotopic (exact) mass is 286 g/mol. The zero-order chi connectivity index (χ0) is 14.9. The van der Waals surface area contributed by atoms with Crippen LogP contribution in [0.15, 0.2) is 18.2 Å². The molecule has 1 saturated carbocycles. The Bertz CT molecular complexity index is 461. The highest BCUT2D eigenvalue weighted by Gasteiger charge is 2.33. The highest BCUT2D eigenvalue weighted by molar-refractivity contribution is 5.58. The Kier molecular flexibility index (Phi) is 4.16. The van der Waals surface area contributed by atoms with Crippen LogP contribution in [0.5, 0.6) is 0 Å². The summed E-state index contributed by atoms with van der Waals surface area (Å²) >= 11 is 0. The molecule has 0 aromatic heterocycles. The van der Waals surface area contributed by atoms with Gasteiger partial charge in [0.15, 0.2) is 0 Å². The van der Waals surface area contributed by atoms with Crippen LogP contribution in [0.25, 0.3) is 0 Å². The van der Waals surface area contributed by atoms with E-state index in [2.05, 4.69) is 19.2 Å². The quantitative estimate of drug-likeness (QED) is 0.784. The topological polar surface area (TPSA) is 38.0 Å². The van der Waals surface area contributed by atoms with Gasteiger partial charge < -0.3 is 11.1 Å². The van der Waals surface area contributed by atoms with Crippen molar-refractivity contribution in [1.29, 1.82) is 0 Å². The van der Waals surface area contributed by atoms with Gasteiger partial charge in [-0.15, -0.1) is 0 Å². The van der Waals surface area contributed by atoms with Crippen LogP contribution in [0.2, 0.25) is 0 Å². The lowest BCUT2D eigenvalue weighted by Crippen LogP contribution is -2.30. The Labute approximate surface area is 117 Å². The second-order valence-corrected chi connectivity index (χ2v) is 6.06. The van der Waals surface area contributed by atoms with Gasteiger partial charge in [-0.05, 0) is 49.3 Å². The molecule has 5 heteroatoms. The van der Waals surface area contributed by atoms with E-state index in [1.54, 1.807) is 6.07 Å². The molecule has 3 N–H and O–H groups in total. The molecule has 2 atom stereocenters. The molecule has 2 unspecified atom stereocenters. The van der Waals surface area contributed by atoms with Crippen molar-refractivity contribution < 1.29 is 13.2 Å². The van der Waals surface area contributed by atoms with E-state index in [1.807, 2.05) is 0 Å². The van der Waals surface area contributed by atoms with Crippen LogP contribution >= 0.6 is 0 Å². The maximum atomic E-state index is 12.8. The minimum Gasteiger partial charge on any atom is -0.398 e. The first-order valence-corrected chi connectivity index (χ1v) is 6.99. The van der Waals surface area contributed by atoms with E-state index >= 15 is 0 Å². The number of alkyl halides is 3. The van der Waals surface area contributed by atoms with Gasteiger partial charge in [-0.2, -0.15) is 13.2 Å². The lowest BCUT2D eigenvalue weighted by atomic mass is 9.80. The van der Waals surface area contributed by atoms with Crippen LogP contribution in [-0.2, 0) is 6.18 Å². The summed E-state index contributed by atoms with van der Waals surface area (Å²) in [5.74, 6) is 1.21. The van der Waals surface area contributed by atoms with Gasteiger partial charge in [0.1, 0.15) is 0 Å². The zero-order valence-corrected chi connectivity index (χ0v) is 11.8. The number of nitrogens with two attached hydrogens (primary N) is 1. The second-order valence-electron chi connectivity index (χ2n) is 6.06. The highest BCUT2D eigenvalue weighted by Crippen LogP contribution is 2.36. The third-order valence-electron chi connectivity index (χ3n) is 3.91. The molecule has 0 saturated heterocycles. The van der Waals surface area contributed by atoms with E-state index < -0.39 is 11.7 Å². The standard InChI is InChI=1S/C15H21F3N2/c1-9-5-10(2)7-12(6-9)20-11-3-4-14(19)13(8-11)15(16,17)18/h3-4,8-10,12,20H,5-7,19H2,1-2H3. The van der Waals surface area contributed by atoms with E-state index in [9.17, 15) is 13.2 Å². The fraction of sp³-hybridized carbons (Fsp3) is 0.600. The SMILES string of the molecule is CC1CC(C)CC(Nc2ccc(N)c(C(F)(F)F)c2)C1. The van der Waals surface area contributed by atoms with Gasteiger partial charge in [0.05, 0.1) is 5.56 Å². The fourth-order valence-corrected chi connectivity index (χ4v) is 3.19. The van der Waals surface area contributed by atoms with Crippen molar-refractivity contribution in [2.24, 2.45) is 11.8 Å². The number of nitrogen functional groups attached to an aromatic ring is 1. The summed E-state index contributed by atoms with van der Waals surface area (Å²) in [6.45, 7) is 4.38. The normalized spacial score (nSPS) is 27.4. The minimum atomic E-state index is -4.41. The molecular formula is C15H21F3N2. The molecule has 0 heterocycles. The average Bonchev–Trinajstić information content (AvgIpc) is 2.29. The Morgan fingerprint density at radius 1 is 1.10 bits per heavy atom. The molecule has 1 aliphatic carbocycles. The summed E-state index contributed by atoms with van der Waals surface area (Å²) in [5, 5.41) is 3.23. The fourth-order valence-electron chi connectivity index (χ4n) is 3.19. The first kappa shape index (κ1) is 15.0. The Morgan fingerprint density at radius 2 is 1.70 bits per heavy atom. The number of hydrogen-bond donors (Lipinski definition) is 2. The Hall–Kier alpha value is -1.39. The molecule has 20 heavy (non-hydrogen) atoms. The van der Waals surface area contributed by atoms with E-state index in [4.69, 9.17) is 5.73 Å². The van der Waals surface area contributed by atoms with Crippen molar-refractivity contribution in [3.05, 3.63) is 23.8 Å². The van der Waals surface area contributed by atoms with Crippen LogP contribution in [0.3, 0.4) is 0 Å². The van der Waals surface area contributed by atoms with Gasteiger partial charge in [-0.3, -0.25) is 0 Å². The van der Waals surface area contributed by atoms with Gasteiger partial charge in [-0.25, -0.2) is 0 Å². The lowest BCUT2D eigenvalue weighted by Gasteiger charge is -2.32. The molecule has 1 aromatic carbocycles. The van der Waals surface area contributed by atoms with Crippen molar-refractivity contribution in [2.45, 2.75) is 45.3 Å². The predicted octanol–water partition coefficient (Wildman–Crippen LogP) is 4.52. The van der Waals surface area contributed by atoms with E-state index in [0.717, 1.165) is 18.9 Å². The predicted molar refractivity (Wildman–Crippen MR) is 75.4 cm³/mol. The van der Waals surface area contributed by atoms with Crippen LogP contribution in [0.1, 0.15) is 38.7 Å². The molecule has 112 valence electrons. The third-order valence-corrected chi connectivity index (χ3v) is 3.91. The molecule has 1 aliphatic rings. The average molecular weight is 286 g/mol. The van der Waals surface area contributed by atoms with Crippen molar-refractivity contribution in [1.82, 2.24) is 0 Å². The molecule has 0 radical (unpaired) electrons. The van der Waals surface area contributed by atoms with Gasteiger partial charge >= 0.3 is 6.18 Å². The highest BCUT2D eigenvalue weighted by atomic mass is 19.4. The largest absolute Gasteiger partial charge is 0.418 e. The molecule has 2 nitrogen and oxygen atoms in total. The summed E-state index contributed by atoms with van der Waals surface area (Å²) in [7, 11) is 0. The van der Waals surface area contributed by atoms with Gasteiger partial charge in [-0.1, -0.05) is 13.8 Å². The summed E-state index contributed by atoms with van der Waals surface area (Å²) in [4.78, 5) is 0. The summed E-state index contributed by atoms with van der Waals surface area (Å²) in [6, 6.07) is 4.28. The molecule has 1 fully saturated rings. The van der Waals surface area contributed by atoms with Crippen molar-refractivity contribution in [2.75, 3.05) is 11.1 Å². The molecule has 2 rings (SSSR count).